The Morgan fingerprint density at radius 1 is 1.03 bits per heavy atom. The van der Waals surface area contributed by atoms with Gasteiger partial charge < -0.3 is 24.2 Å². The van der Waals surface area contributed by atoms with E-state index in [0.29, 0.717) is 55.0 Å². The number of allylic oxidation sites excluding steroid dienone is 1. The van der Waals surface area contributed by atoms with E-state index in [1.54, 1.807) is 6.26 Å². The van der Waals surface area contributed by atoms with E-state index in [2.05, 4.69) is 32.6 Å². The molecular formula is C26H37NO5. The number of carbonyl (C=O) groups excluding carboxylic acids is 1. The van der Waals surface area contributed by atoms with Crippen molar-refractivity contribution < 1.29 is 24.1 Å². The minimum atomic E-state index is -0.449. The molecular weight excluding hydrogens is 406 g/mol. The Bertz CT molecular complexity index is 839. The highest BCUT2D eigenvalue weighted by molar-refractivity contribution is 6.22. The van der Waals surface area contributed by atoms with E-state index >= 15 is 0 Å². The molecule has 0 amide bonds. The number of hydrogen-bond acceptors (Lipinski definition) is 6. The molecule has 4 atom stereocenters. The monoisotopic (exact) mass is 443 g/mol. The second kappa shape index (κ2) is 9.84. The van der Waals surface area contributed by atoms with E-state index in [1.165, 1.54) is 0 Å². The number of rotatable bonds is 7. The van der Waals surface area contributed by atoms with Gasteiger partial charge in [-0.3, -0.25) is 4.79 Å². The maximum absolute atomic E-state index is 13.5. The molecule has 1 aromatic rings. The van der Waals surface area contributed by atoms with Gasteiger partial charge >= 0.3 is 0 Å². The normalized spacial score (nSPS) is 27.4. The Hall–Kier alpha value is -2.05. The van der Waals surface area contributed by atoms with Crippen LogP contribution in [0.2, 0.25) is 0 Å². The molecule has 0 radical (unpaired) electrons. The fourth-order valence-electron chi connectivity index (χ4n) is 5.33. The van der Waals surface area contributed by atoms with Crippen molar-refractivity contribution in [3.8, 4) is 11.5 Å². The maximum Gasteiger partial charge on any atom is 0.173 e. The predicted molar refractivity (Wildman–Crippen MR) is 124 cm³/mol. The maximum atomic E-state index is 13.5. The van der Waals surface area contributed by atoms with Crippen molar-refractivity contribution in [1.82, 2.24) is 4.90 Å². The van der Waals surface area contributed by atoms with Crippen molar-refractivity contribution in [1.29, 1.82) is 0 Å². The van der Waals surface area contributed by atoms with Gasteiger partial charge in [0.1, 0.15) is 19.3 Å². The number of aliphatic hydroxyl groups is 1. The summed E-state index contributed by atoms with van der Waals surface area (Å²) in [4.78, 5) is 15.9. The zero-order valence-electron chi connectivity index (χ0n) is 19.8. The van der Waals surface area contributed by atoms with Crippen LogP contribution in [0, 0.1) is 23.7 Å². The smallest absolute Gasteiger partial charge is 0.173 e. The van der Waals surface area contributed by atoms with Crippen molar-refractivity contribution in [2.75, 3.05) is 32.8 Å². The van der Waals surface area contributed by atoms with Gasteiger partial charge in [-0.25, -0.2) is 0 Å². The molecule has 1 aromatic carbocycles. The van der Waals surface area contributed by atoms with Gasteiger partial charge in [0.15, 0.2) is 17.3 Å². The number of fused-ring (bicyclic) bond motifs is 2. The third kappa shape index (κ3) is 4.96. The van der Waals surface area contributed by atoms with Crippen LogP contribution in [-0.4, -0.2) is 60.8 Å². The third-order valence-corrected chi connectivity index (χ3v) is 6.60. The first-order valence-corrected chi connectivity index (χ1v) is 12.0. The summed E-state index contributed by atoms with van der Waals surface area (Å²) in [5, 5.41) is 10.9. The summed E-state index contributed by atoms with van der Waals surface area (Å²) >= 11 is 0. The quantitative estimate of drug-likeness (QED) is 0.692. The highest BCUT2D eigenvalue weighted by Gasteiger charge is 2.46. The molecule has 1 aliphatic carbocycles. The predicted octanol–water partition coefficient (Wildman–Crippen LogP) is 3.77. The Labute approximate surface area is 191 Å². The number of benzene rings is 1. The first-order chi connectivity index (χ1) is 15.3. The zero-order valence-corrected chi connectivity index (χ0v) is 19.8. The van der Waals surface area contributed by atoms with E-state index < -0.39 is 6.10 Å². The van der Waals surface area contributed by atoms with E-state index in [-0.39, 0.29) is 23.7 Å². The van der Waals surface area contributed by atoms with Crippen LogP contribution >= 0.6 is 0 Å². The van der Waals surface area contributed by atoms with Gasteiger partial charge in [0.2, 0.25) is 0 Å². The van der Waals surface area contributed by atoms with Crippen LogP contribution in [0.5, 0.6) is 11.5 Å². The lowest BCUT2D eigenvalue weighted by molar-refractivity contribution is -0.133. The van der Waals surface area contributed by atoms with Gasteiger partial charge in [-0.1, -0.05) is 33.8 Å². The second-order valence-electron chi connectivity index (χ2n) is 10.3. The minimum absolute atomic E-state index is 0.0757. The molecule has 6 heteroatoms. The molecule has 4 unspecified atom stereocenters. The zero-order chi connectivity index (χ0) is 22.8. The average Bonchev–Trinajstić information content (AvgIpc) is 2.74. The summed E-state index contributed by atoms with van der Waals surface area (Å²) in [7, 11) is 0. The molecule has 0 spiro atoms. The van der Waals surface area contributed by atoms with E-state index in [0.717, 1.165) is 25.2 Å². The summed E-state index contributed by atoms with van der Waals surface area (Å²) < 4.78 is 17.5. The van der Waals surface area contributed by atoms with Crippen molar-refractivity contribution in [3.05, 3.63) is 30.0 Å². The van der Waals surface area contributed by atoms with Crippen LogP contribution in [0.1, 0.15) is 46.1 Å². The lowest BCUT2D eigenvalue weighted by Gasteiger charge is -2.44. The number of nitrogens with zero attached hydrogens (tertiary/aromatic N) is 1. The number of hydrogen-bond donors (Lipinski definition) is 1. The number of ether oxygens (including phenoxy) is 3. The number of aliphatic hydroxyl groups excluding tert-OH is 1. The highest BCUT2D eigenvalue weighted by atomic mass is 16.6. The van der Waals surface area contributed by atoms with Gasteiger partial charge in [-0.05, 0) is 42.4 Å². The molecule has 4 rings (SSSR count). The second-order valence-corrected chi connectivity index (χ2v) is 10.3. The van der Waals surface area contributed by atoms with Crippen LogP contribution < -0.4 is 9.47 Å². The summed E-state index contributed by atoms with van der Waals surface area (Å²) in [5.74, 6) is 2.26. The molecule has 176 valence electrons. The summed E-state index contributed by atoms with van der Waals surface area (Å²) in [5.41, 5.74) is 1.38. The lowest BCUT2D eigenvalue weighted by atomic mass is 9.72. The van der Waals surface area contributed by atoms with Crippen LogP contribution in [0.3, 0.4) is 0 Å². The first kappa shape index (κ1) is 23.1. The largest absolute Gasteiger partial charge is 0.496 e. The standard InChI is InChI=1S/C26H37NO5/c1-16(2)12-27(13-17(3)4)14-20-22(28)7-6-19-25(29)21(15-32-26(19)20)18-5-8-23-24(11-18)31-10-9-30-23/h5,8,11,15-17,19-20,22,26,28H,6-7,9-10,12-14H2,1-4H3. The topological polar surface area (TPSA) is 68.2 Å². The minimum Gasteiger partial charge on any atom is -0.496 e. The van der Waals surface area contributed by atoms with E-state index in [4.69, 9.17) is 14.2 Å². The van der Waals surface area contributed by atoms with E-state index in [1.807, 2.05) is 18.2 Å². The molecule has 1 saturated carbocycles. The van der Waals surface area contributed by atoms with Gasteiger partial charge in [0, 0.05) is 25.6 Å². The number of Topliss-reactive ketones (excluding diaryl/α,β-unsaturated/α-hetero) is 1. The van der Waals surface area contributed by atoms with Crippen LogP contribution in [0.25, 0.3) is 5.57 Å². The first-order valence-electron chi connectivity index (χ1n) is 12.0. The Morgan fingerprint density at radius 3 is 2.41 bits per heavy atom. The van der Waals surface area contributed by atoms with Gasteiger partial charge in [-0.15, -0.1) is 0 Å². The fraction of sp³-hybridized carbons (Fsp3) is 0.654. The fourth-order valence-corrected chi connectivity index (χ4v) is 5.33. The van der Waals surface area contributed by atoms with Crippen LogP contribution in [0.4, 0.5) is 0 Å². The van der Waals surface area contributed by atoms with Crippen molar-refractivity contribution in [2.24, 2.45) is 23.7 Å². The molecule has 0 aromatic heterocycles. The summed E-state index contributed by atoms with van der Waals surface area (Å²) in [6.45, 7) is 12.6. The van der Waals surface area contributed by atoms with Gasteiger partial charge in [-0.2, -0.15) is 0 Å². The molecule has 2 aliphatic heterocycles. The van der Waals surface area contributed by atoms with Gasteiger partial charge in [0.05, 0.1) is 23.9 Å². The Balaban J connectivity index is 1.54. The average molecular weight is 444 g/mol. The molecule has 1 N–H and O–H groups in total. The number of carbonyl (C=O) groups is 1. The summed E-state index contributed by atoms with van der Waals surface area (Å²) in [6.07, 6.45) is 2.16. The molecule has 1 fully saturated rings. The summed E-state index contributed by atoms with van der Waals surface area (Å²) in [6, 6.07) is 5.61. The number of ketones is 1. The Morgan fingerprint density at radius 2 is 1.72 bits per heavy atom. The third-order valence-electron chi connectivity index (χ3n) is 6.60. The molecule has 0 bridgehead atoms. The molecule has 6 nitrogen and oxygen atoms in total. The van der Waals surface area contributed by atoms with Crippen molar-refractivity contribution in [3.63, 3.8) is 0 Å². The van der Waals surface area contributed by atoms with Crippen molar-refractivity contribution in [2.45, 2.75) is 52.7 Å². The molecule has 2 heterocycles. The van der Waals surface area contributed by atoms with Crippen LogP contribution in [-0.2, 0) is 9.53 Å². The molecule has 3 aliphatic rings. The lowest BCUT2D eigenvalue weighted by Crippen LogP contribution is -2.52. The van der Waals surface area contributed by atoms with Crippen LogP contribution in [0.15, 0.2) is 24.5 Å². The SMILES string of the molecule is CC(C)CN(CC(C)C)CC1C(O)CCC2C(=O)C(c3ccc4c(c3)OCCO4)=COC21. The van der Waals surface area contributed by atoms with Crippen molar-refractivity contribution >= 4 is 11.4 Å². The van der Waals surface area contributed by atoms with Gasteiger partial charge in [0.25, 0.3) is 0 Å². The molecule has 32 heavy (non-hydrogen) atoms. The molecule has 0 saturated heterocycles. The Kier molecular flexibility index (Phi) is 7.11. The highest BCUT2D eigenvalue weighted by Crippen LogP contribution is 2.41. The van der Waals surface area contributed by atoms with E-state index in [9.17, 15) is 9.90 Å².